The molecule has 0 unspecified atom stereocenters. The standard InChI is InChI=1S/C15H9ClFNO2/c16-11-6-8(1-3-12(11)18)15(19)14-7-9-5-10(17)2-4-13(9)20-14/h1-7H,18H2. The summed E-state index contributed by atoms with van der Waals surface area (Å²) in [4.78, 5) is 12.3. The van der Waals surface area contributed by atoms with Crippen molar-refractivity contribution in [1.82, 2.24) is 0 Å². The fourth-order valence-corrected chi connectivity index (χ4v) is 2.12. The van der Waals surface area contributed by atoms with Crippen LogP contribution in [0.15, 0.2) is 46.9 Å². The number of fused-ring (bicyclic) bond motifs is 1. The molecule has 3 rings (SSSR count). The van der Waals surface area contributed by atoms with Crippen LogP contribution in [0, 0.1) is 5.82 Å². The molecule has 0 radical (unpaired) electrons. The van der Waals surface area contributed by atoms with Crippen molar-refractivity contribution in [2.24, 2.45) is 0 Å². The van der Waals surface area contributed by atoms with Gasteiger partial charge in [-0.25, -0.2) is 4.39 Å². The Kier molecular flexibility index (Phi) is 2.95. The van der Waals surface area contributed by atoms with Gasteiger partial charge in [0.15, 0.2) is 5.76 Å². The number of hydrogen-bond donors (Lipinski definition) is 1. The van der Waals surface area contributed by atoms with Crippen molar-refractivity contribution in [3.05, 3.63) is 64.6 Å². The molecule has 0 bridgehead atoms. The first-order chi connectivity index (χ1) is 9.54. The van der Waals surface area contributed by atoms with Crippen molar-refractivity contribution in [3.8, 4) is 0 Å². The van der Waals surface area contributed by atoms with Gasteiger partial charge in [-0.2, -0.15) is 0 Å². The Morgan fingerprint density at radius 3 is 2.70 bits per heavy atom. The second-order valence-corrected chi connectivity index (χ2v) is 4.77. The van der Waals surface area contributed by atoms with E-state index in [1.54, 1.807) is 12.1 Å². The first kappa shape index (κ1) is 12.7. The van der Waals surface area contributed by atoms with E-state index in [0.717, 1.165) is 0 Å². The number of rotatable bonds is 2. The third-order valence-corrected chi connectivity index (χ3v) is 3.29. The third-order valence-electron chi connectivity index (χ3n) is 2.96. The maximum absolute atomic E-state index is 13.1. The SMILES string of the molecule is Nc1ccc(C(=O)c2cc3cc(F)ccc3o2)cc1Cl. The Bertz CT molecular complexity index is 826. The van der Waals surface area contributed by atoms with Gasteiger partial charge in [0.05, 0.1) is 10.7 Å². The van der Waals surface area contributed by atoms with E-state index in [1.807, 2.05) is 0 Å². The highest BCUT2D eigenvalue weighted by molar-refractivity contribution is 6.33. The molecule has 0 amide bonds. The summed E-state index contributed by atoms with van der Waals surface area (Å²) >= 11 is 5.89. The lowest BCUT2D eigenvalue weighted by molar-refractivity contribution is 0.101. The predicted molar refractivity (Wildman–Crippen MR) is 75.5 cm³/mol. The minimum absolute atomic E-state index is 0.131. The Morgan fingerprint density at radius 2 is 1.95 bits per heavy atom. The van der Waals surface area contributed by atoms with E-state index in [2.05, 4.69) is 0 Å². The summed E-state index contributed by atoms with van der Waals surface area (Å²) in [5, 5.41) is 0.841. The van der Waals surface area contributed by atoms with Gasteiger partial charge >= 0.3 is 0 Å². The summed E-state index contributed by atoms with van der Waals surface area (Å²) in [7, 11) is 0. The highest BCUT2D eigenvalue weighted by Crippen LogP contribution is 2.25. The number of hydrogen-bond acceptors (Lipinski definition) is 3. The molecule has 0 saturated carbocycles. The third kappa shape index (κ3) is 2.14. The number of furan rings is 1. The lowest BCUT2D eigenvalue weighted by Gasteiger charge is -2.01. The molecule has 2 aromatic carbocycles. The van der Waals surface area contributed by atoms with Crippen LogP contribution in [0.1, 0.15) is 16.1 Å². The summed E-state index contributed by atoms with van der Waals surface area (Å²) in [5.41, 5.74) is 6.81. The molecule has 1 heterocycles. The number of benzene rings is 2. The highest BCUT2D eigenvalue weighted by Gasteiger charge is 2.15. The zero-order chi connectivity index (χ0) is 14.3. The second-order valence-electron chi connectivity index (χ2n) is 4.36. The van der Waals surface area contributed by atoms with Gasteiger partial charge in [-0.3, -0.25) is 4.79 Å². The average Bonchev–Trinajstić information content (AvgIpc) is 2.84. The van der Waals surface area contributed by atoms with E-state index in [9.17, 15) is 9.18 Å². The van der Waals surface area contributed by atoms with Crippen molar-refractivity contribution in [2.75, 3.05) is 5.73 Å². The summed E-state index contributed by atoms with van der Waals surface area (Å²) < 4.78 is 18.5. The number of carbonyl (C=O) groups is 1. The Morgan fingerprint density at radius 1 is 1.15 bits per heavy atom. The number of carbonyl (C=O) groups excluding carboxylic acids is 1. The Labute approximate surface area is 118 Å². The number of nitrogens with two attached hydrogens (primary N) is 1. The Balaban J connectivity index is 2.05. The van der Waals surface area contributed by atoms with Crippen LogP contribution in [0.3, 0.4) is 0 Å². The van der Waals surface area contributed by atoms with Crippen LogP contribution in [-0.4, -0.2) is 5.78 Å². The van der Waals surface area contributed by atoms with E-state index in [4.69, 9.17) is 21.8 Å². The minimum atomic E-state index is -0.382. The molecular formula is C15H9ClFNO2. The average molecular weight is 290 g/mol. The monoisotopic (exact) mass is 289 g/mol. The smallest absolute Gasteiger partial charge is 0.228 e. The molecule has 100 valence electrons. The summed E-state index contributed by atoms with van der Waals surface area (Å²) in [5.74, 6) is -0.581. The highest BCUT2D eigenvalue weighted by atomic mass is 35.5. The van der Waals surface area contributed by atoms with Crippen molar-refractivity contribution in [3.63, 3.8) is 0 Å². The van der Waals surface area contributed by atoms with Gasteiger partial charge in [0.1, 0.15) is 11.4 Å². The van der Waals surface area contributed by atoms with Crippen molar-refractivity contribution < 1.29 is 13.6 Å². The van der Waals surface area contributed by atoms with E-state index in [1.165, 1.54) is 30.3 Å². The van der Waals surface area contributed by atoms with Gasteiger partial charge in [-0.05, 0) is 42.5 Å². The molecule has 3 nitrogen and oxygen atoms in total. The minimum Gasteiger partial charge on any atom is -0.453 e. The molecule has 0 fully saturated rings. The zero-order valence-corrected chi connectivity index (χ0v) is 10.9. The van der Waals surface area contributed by atoms with Gasteiger partial charge in [0, 0.05) is 10.9 Å². The zero-order valence-electron chi connectivity index (χ0n) is 10.2. The van der Waals surface area contributed by atoms with E-state index in [0.29, 0.717) is 27.2 Å². The normalized spacial score (nSPS) is 10.9. The van der Waals surface area contributed by atoms with Gasteiger partial charge < -0.3 is 10.2 Å². The molecule has 2 N–H and O–H groups in total. The van der Waals surface area contributed by atoms with Crippen LogP contribution in [0.4, 0.5) is 10.1 Å². The van der Waals surface area contributed by atoms with Crippen LogP contribution in [0.25, 0.3) is 11.0 Å². The van der Waals surface area contributed by atoms with Crippen LogP contribution in [0.5, 0.6) is 0 Å². The fourth-order valence-electron chi connectivity index (χ4n) is 1.94. The van der Waals surface area contributed by atoms with Crippen LogP contribution in [-0.2, 0) is 0 Å². The second kappa shape index (κ2) is 4.65. The number of anilines is 1. The predicted octanol–water partition coefficient (Wildman–Crippen LogP) is 4.04. The van der Waals surface area contributed by atoms with E-state index < -0.39 is 0 Å². The Hall–Kier alpha value is -2.33. The lowest BCUT2D eigenvalue weighted by Crippen LogP contribution is -2.00. The maximum atomic E-state index is 13.1. The molecule has 0 saturated heterocycles. The molecule has 0 atom stereocenters. The molecule has 0 spiro atoms. The quantitative estimate of drug-likeness (QED) is 0.572. The van der Waals surface area contributed by atoms with Crippen molar-refractivity contribution >= 4 is 34.0 Å². The molecular weight excluding hydrogens is 281 g/mol. The summed E-state index contributed by atoms with van der Waals surface area (Å²) in [6.07, 6.45) is 0. The number of nitrogen functional groups attached to an aromatic ring is 1. The van der Waals surface area contributed by atoms with Gasteiger partial charge in [0.2, 0.25) is 5.78 Å². The maximum Gasteiger partial charge on any atom is 0.228 e. The number of ketones is 1. The first-order valence-electron chi connectivity index (χ1n) is 5.83. The number of halogens is 2. The topological polar surface area (TPSA) is 56.2 Å². The van der Waals surface area contributed by atoms with Crippen molar-refractivity contribution in [2.45, 2.75) is 0 Å². The largest absolute Gasteiger partial charge is 0.453 e. The lowest BCUT2D eigenvalue weighted by atomic mass is 10.1. The first-order valence-corrected chi connectivity index (χ1v) is 6.21. The molecule has 0 aliphatic heterocycles. The van der Waals surface area contributed by atoms with Crippen LogP contribution < -0.4 is 5.73 Å². The van der Waals surface area contributed by atoms with Crippen LogP contribution in [0.2, 0.25) is 5.02 Å². The summed E-state index contributed by atoms with van der Waals surface area (Å²) in [6, 6.07) is 10.2. The molecule has 3 aromatic rings. The molecule has 0 aliphatic carbocycles. The van der Waals surface area contributed by atoms with Gasteiger partial charge in [-0.15, -0.1) is 0 Å². The van der Waals surface area contributed by atoms with Crippen molar-refractivity contribution in [1.29, 1.82) is 0 Å². The van der Waals surface area contributed by atoms with Gasteiger partial charge in [0.25, 0.3) is 0 Å². The van der Waals surface area contributed by atoms with E-state index >= 15 is 0 Å². The van der Waals surface area contributed by atoms with Crippen LogP contribution >= 0.6 is 11.6 Å². The molecule has 20 heavy (non-hydrogen) atoms. The van der Waals surface area contributed by atoms with E-state index in [-0.39, 0.29) is 17.4 Å². The van der Waals surface area contributed by atoms with Gasteiger partial charge in [-0.1, -0.05) is 11.6 Å². The summed E-state index contributed by atoms with van der Waals surface area (Å²) in [6.45, 7) is 0. The fraction of sp³-hybridized carbons (Fsp3) is 0. The molecule has 5 heteroatoms. The molecule has 1 aromatic heterocycles. The molecule has 0 aliphatic rings.